The summed E-state index contributed by atoms with van der Waals surface area (Å²) in [5, 5.41) is 0.376. The van der Waals surface area contributed by atoms with Gasteiger partial charge in [-0.15, -0.1) is 11.3 Å². The minimum Gasteiger partial charge on any atom is -0.291 e. The van der Waals surface area contributed by atoms with Gasteiger partial charge in [-0.1, -0.05) is 24.3 Å². The molecule has 0 radical (unpaired) electrons. The highest BCUT2D eigenvalue weighted by atomic mass is 32.1. The molecule has 0 aliphatic carbocycles. The molecule has 0 atom stereocenters. The Labute approximate surface area is 128 Å². The molecule has 0 aliphatic rings. The van der Waals surface area contributed by atoms with Crippen LogP contribution >= 0.6 is 11.3 Å². The Morgan fingerprint density at radius 1 is 1.05 bits per heavy atom. The summed E-state index contributed by atoms with van der Waals surface area (Å²) in [5.74, 6) is -0.194. The highest BCUT2D eigenvalue weighted by molar-refractivity contribution is 7.20. The molecule has 3 rings (SSSR count). The molecule has 0 amide bonds. The van der Waals surface area contributed by atoms with E-state index in [1.54, 1.807) is 0 Å². The van der Waals surface area contributed by atoms with E-state index in [0.717, 1.165) is 22.3 Å². The highest BCUT2D eigenvalue weighted by Gasteiger charge is 2.30. The molecule has 0 unspecified atom stereocenters. The number of benzene rings is 2. The van der Waals surface area contributed by atoms with Crippen LogP contribution in [0.15, 0.2) is 48.5 Å². The van der Waals surface area contributed by atoms with Crippen molar-refractivity contribution in [2.24, 2.45) is 0 Å². The second kappa shape index (κ2) is 5.53. The topological polar surface area (TPSA) is 30.0 Å². The molecule has 0 spiro atoms. The summed E-state index contributed by atoms with van der Waals surface area (Å²) in [5.41, 5.74) is 0.573. The van der Waals surface area contributed by atoms with Gasteiger partial charge in [-0.2, -0.15) is 13.2 Å². The van der Waals surface area contributed by atoms with Crippen LogP contribution in [0.25, 0.3) is 10.2 Å². The van der Waals surface area contributed by atoms with Gasteiger partial charge in [0.25, 0.3) is 0 Å². The normalized spacial score (nSPS) is 11.8. The molecule has 3 aromatic rings. The van der Waals surface area contributed by atoms with Gasteiger partial charge in [0, 0.05) is 6.42 Å². The molecule has 1 aromatic heterocycles. The zero-order valence-electron chi connectivity index (χ0n) is 11.2. The number of nitrogens with zero attached hydrogens (tertiary/aromatic N) is 1. The highest BCUT2D eigenvalue weighted by Crippen LogP contribution is 2.29. The summed E-state index contributed by atoms with van der Waals surface area (Å²) in [6, 6.07) is 12.0. The predicted molar refractivity (Wildman–Crippen MR) is 79.1 cm³/mol. The molecule has 0 bridgehead atoms. The van der Waals surface area contributed by atoms with Gasteiger partial charge in [-0.05, 0) is 29.8 Å². The van der Waals surface area contributed by atoms with Crippen LogP contribution in [0.4, 0.5) is 13.2 Å². The van der Waals surface area contributed by atoms with Gasteiger partial charge in [-0.3, -0.25) is 4.79 Å². The van der Waals surface area contributed by atoms with E-state index in [2.05, 4.69) is 4.98 Å². The van der Waals surface area contributed by atoms with Crippen molar-refractivity contribution in [3.05, 3.63) is 64.7 Å². The maximum atomic E-state index is 12.5. The number of carbonyl (C=O) groups excluding carboxylic acids is 1. The number of Topliss-reactive ketones (excluding diaryl/α,β-unsaturated/α-hetero) is 1. The summed E-state index contributed by atoms with van der Waals surface area (Å²) >= 11 is 1.29. The number of carbonyl (C=O) groups is 1. The van der Waals surface area contributed by atoms with E-state index in [0.29, 0.717) is 10.6 Å². The van der Waals surface area contributed by atoms with Crippen molar-refractivity contribution in [2.75, 3.05) is 0 Å². The Morgan fingerprint density at radius 3 is 2.36 bits per heavy atom. The molecule has 2 aromatic carbocycles. The molecule has 2 nitrogen and oxygen atoms in total. The number of thiazole rings is 1. The zero-order chi connectivity index (χ0) is 15.7. The van der Waals surface area contributed by atoms with E-state index in [4.69, 9.17) is 0 Å². The van der Waals surface area contributed by atoms with Crippen LogP contribution in [0.1, 0.15) is 20.9 Å². The van der Waals surface area contributed by atoms with Gasteiger partial charge in [-0.25, -0.2) is 4.98 Å². The average molecular weight is 321 g/mol. The van der Waals surface area contributed by atoms with Crippen molar-refractivity contribution in [1.82, 2.24) is 4.98 Å². The van der Waals surface area contributed by atoms with E-state index >= 15 is 0 Å². The fourth-order valence-electron chi connectivity index (χ4n) is 2.06. The SMILES string of the molecule is O=C(Cc1ccc(C(F)(F)F)cc1)c1nc2ccccc2s1. The number of hydrogen-bond acceptors (Lipinski definition) is 3. The van der Waals surface area contributed by atoms with Crippen LogP contribution in [-0.4, -0.2) is 10.8 Å². The van der Waals surface area contributed by atoms with Crippen molar-refractivity contribution in [2.45, 2.75) is 12.6 Å². The first kappa shape index (κ1) is 14.7. The summed E-state index contributed by atoms with van der Waals surface area (Å²) in [7, 11) is 0. The number of fused-ring (bicyclic) bond motifs is 1. The van der Waals surface area contributed by atoms with Crippen molar-refractivity contribution in [3.8, 4) is 0 Å². The molecule has 0 saturated carbocycles. The monoisotopic (exact) mass is 321 g/mol. The Bertz CT molecular complexity index is 788. The van der Waals surface area contributed by atoms with Gasteiger partial charge in [0.1, 0.15) is 0 Å². The molecule has 22 heavy (non-hydrogen) atoms. The average Bonchev–Trinajstić information content (AvgIpc) is 2.91. The Balaban J connectivity index is 1.79. The molecular weight excluding hydrogens is 311 g/mol. The van der Waals surface area contributed by atoms with Crippen LogP contribution in [0, 0.1) is 0 Å². The third kappa shape index (κ3) is 3.01. The zero-order valence-corrected chi connectivity index (χ0v) is 12.0. The lowest BCUT2D eigenvalue weighted by Crippen LogP contribution is -2.06. The Kier molecular flexibility index (Phi) is 3.70. The maximum Gasteiger partial charge on any atom is 0.416 e. The Hall–Kier alpha value is -2.21. The largest absolute Gasteiger partial charge is 0.416 e. The lowest BCUT2D eigenvalue weighted by molar-refractivity contribution is -0.137. The number of hydrogen-bond donors (Lipinski definition) is 0. The van der Waals surface area contributed by atoms with Gasteiger partial charge >= 0.3 is 6.18 Å². The number of para-hydroxylation sites is 1. The van der Waals surface area contributed by atoms with Crippen LogP contribution in [0.5, 0.6) is 0 Å². The maximum absolute atomic E-state index is 12.5. The Morgan fingerprint density at radius 2 is 1.73 bits per heavy atom. The molecular formula is C16H10F3NOS. The van der Waals surface area contributed by atoms with Gasteiger partial charge < -0.3 is 0 Å². The standard InChI is InChI=1S/C16H10F3NOS/c17-16(18,19)11-7-5-10(6-8-11)9-13(21)15-20-12-3-1-2-4-14(12)22-15/h1-8H,9H2. The van der Waals surface area contributed by atoms with E-state index < -0.39 is 11.7 Å². The number of rotatable bonds is 3. The molecule has 0 N–H and O–H groups in total. The molecule has 6 heteroatoms. The van der Waals surface area contributed by atoms with Crippen LogP contribution < -0.4 is 0 Å². The number of alkyl halides is 3. The summed E-state index contributed by atoms with van der Waals surface area (Å²) in [6.07, 6.45) is -4.33. The van der Waals surface area contributed by atoms with Gasteiger partial charge in [0.05, 0.1) is 15.8 Å². The molecule has 112 valence electrons. The fraction of sp³-hybridized carbons (Fsp3) is 0.125. The minimum atomic E-state index is -4.37. The third-order valence-corrected chi connectivity index (χ3v) is 4.26. The molecule has 0 aliphatic heterocycles. The van der Waals surface area contributed by atoms with E-state index in [-0.39, 0.29) is 12.2 Å². The predicted octanol–water partition coefficient (Wildman–Crippen LogP) is 4.74. The van der Waals surface area contributed by atoms with E-state index in [1.807, 2.05) is 24.3 Å². The van der Waals surface area contributed by atoms with Crippen LogP contribution in [-0.2, 0) is 12.6 Å². The van der Waals surface area contributed by atoms with E-state index in [1.165, 1.54) is 23.5 Å². The van der Waals surface area contributed by atoms with Gasteiger partial charge in [0.2, 0.25) is 0 Å². The van der Waals surface area contributed by atoms with Crippen molar-refractivity contribution < 1.29 is 18.0 Å². The number of aromatic nitrogens is 1. The van der Waals surface area contributed by atoms with Crippen molar-refractivity contribution >= 4 is 27.3 Å². The first-order chi connectivity index (χ1) is 10.4. The number of halogens is 3. The van der Waals surface area contributed by atoms with Crippen molar-refractivity contribution in [3.63, 3.8) is 0 Å². The smallest absolute Gasteiger partial charge is 0.291 e. The summed E-state index contributed by atoms with van der Waals surface area (Å²) in [6.45, 7) is 0. The molecule has 0 fully saturated rings. The summed E-state index contributed by atoms with van der Waals surface area (Å²) in [4.78, 5) is 16.4. The first-order valence-electron chi connectivity index (χ1n) is 6.48. The second-order valence-corrected chi connectivity index (χ2v) is 5.81. The molecule has 1 heterocycles. The first-order valence-corrected chi connectivity index (χ1v) is 7.30. The lowest BCUT2D eigenvalue weighted by Gasteiger charge is -2.06. The van der Waals surface area contributed by atoms with Crippen molar-refractivity contribution in [1.29, 1.82) is 0 Å². The molecule has 0 saturated heterocycles. The van der Waals surface area contributed by atoms with Crippen LogP contribution in [0.2, 0.25) is 0 Å². The quantitative estimate of drug-likeness (QED) is 0.652. The third-order valence-electron chi connectivity index (χ3n) is 3.18. The number of ketones is 1. The lowest BCUT2D eigenvalue weighted by atomic mass is 10.1. The van der Waals surface area contributed by atoms with E-state index in [9.17, 15) is 18.0 Å². The summed E-state index contributed by atoms with van der Waals surface area (Å²) < 4.78 is 38.4. The minimum absolute atomic E-state index is 0.0396. The fourth-order valence-corrected chi connectivity index (χ4v) is 2.97. The second-order valence-electron chi connectivity index (χ2n) is 4.78. The van der Waals surface area contributed by atoms with Crippen LogP contribution in [0.3, 0.4) is 0 Å². The van der Waals surface area contributed by atoms with Gasteiger partial charge in [0.15, 0.2) is 10.8 Å².